The fourth-order valence-corrected chi connectivity index (χ4v) is 12.2. The first kappa shape index (κ1) is 81.1. The second kappa shape index (κ2) is 38.0. The first-order chi connectivity index (χ1) is 43.0. The first-order valence-corrected chi connectivity index (χ1v) is 32.9. The van der Waals surface area contributed by atoms with Gasteiger partial charge in [0.25, 0.3) is 0 Å². The molecule has 10 rings (SSSR count). The second-order valence-electron chi connectivity index (χ2n) is 25.8. The van der Waals surface area contributed by atoms with Crippen LogP contribution in [0, 0.1) is 0 Å². The minimum Gasteiger partial charge on any atom is -0.444 e. The number of nitrogens with one attached hydrogen (secondary N) is 2. The summed E-state index contributed by atoms with van der Waals surface area (Å²) in [7, 11) is 9.02. The van der Waals surface area contributed by atoms with Crippen molar-refractivity contribution in [3.8, 4) is 0 Å². The molecular weight excluding hydrogens is 1330 g/mol. The minimum atomic E-state index is -0.500. The van der Waals surface area contributed by atoms with E-state index in [2.05, 4.69) is 22.8 Å². The molecular formula is C70H96Cl7N5O11. The normalized spacial score (nSPS) is 18.4. The van der Waals surface area contributed by atoms with E-state index in [1.54, 1.807) is 35.8 Å². The predicted octanol–water partition coefficient (Wildman–Crippen LogP) is 16.7. The van der Waals surface area contributed by atoms with E-state index in [1.807, 2.05) is 155 Å². The van der Waals surface area contributed by atoms with Gasteiger partial charge in [-0.05, 0) is 194 Å². The molecule has 5 atom stereocenters. The van der Waals surface area contributed by atoms with Gasteiger partial charge in [0.15, 0.2) is 0 Å². The van der Waals surface area contributed by atoms with Gasteiger partial charge in [0, 0.05) is 59.3 Å². The molecule has 5 aromatic rings. The monoisotopic (exact) mass is 1430 g/mol. The molecule has 5 aliphatic heterocycles. The number of rotatable bonds is 10. The molecule has 0 aliphatic carbocycles. The van der Waals surface area contributed by atoms with Crippen LogP contribution in [0.4, 0.5) is 14.4 Å². The zero-order chi connectivity index (χ0) is 66.8. The zero-order valence-corrected chi connectivity index (χ0v) is 61.6. The Balaban J connectivity index is 0.000000249. The van der Waals surface area contributed by atoms with E-state index < -0.39 is 16.8 Å². The molecule has 0 spiro atoms. The van der Waals surface area contributed by atoms with Crippen molar-refractivity contribution in [1.29, 1.82) is 0 Å². The maximum atomic E-state index is 12.0. The number of fused-ring (bicyclic) bond motifs is 5. The van der Waals surface area contributed by atoms with E-state index in [4.69, 9.17) is 95.9 Å². The number of benzene rings is 5. The summed E-state index contributed by atoms with van der Waals surface area (Å²) in [4.78, 5) is 40.7. The summed E-state index contributed by atoms with van der Waals surface area (Å²) >= 11 is 31.0. The molecule has 5 heterocycles. The fourth-order valence-electron chi connectivity index (χ4n) is 10.8. The van der Waals surface area contributed by atoms with E-state index in [0.717, 1.165) is 117 Å². The van der Waals surface area contributed by atoms with Crippen molar-refractivity contribution >= 4 is 101 Å². The van der Waals surface area contributed by atoms with Crippen LogP contribution in [0.1, 0.15) is 148 Å². The lowest BCUT2D eigenvalue weighted by Crippen LogP contribution is -2.37. The van der Waals surface area contributed by atoms with Crippen molar-refractivity contribution in [2.75, 3.05) is 101 Å². The third kappa shape index (κ3) is 24.9. The Labute approximate surface area is 589 Å². The Morgan fingerprint density at radius 2 is 0.581 bits per heavy atom. The number of likely N-dealkylation sites (N-methyl/N-ethyl adjacent to an activating group) is 5. The van der Waals surface area contributed by atoms with Gasteiger partial charge in [0.1, 0.15) is 35.1 Å². The second-order valence-corrected chi connectivity index (χ2v) is 27.8. The van der Waals surface area contributed by atoms with Crippen molar-refractivity contribution in [3.05, 3.63) is 172 Å². The van der Waals surface area contributed by atoms with Gasteiger partial charge in [0.05, 0.1) is 64.9 Å². The summed E-state index contributed by atoms with van der Waals surface area (Å²) in [5.41, 5.74) is 10.0. The van der Waals surface area contributed by atoms with Gasteiger partial charge in [-0.1, -0.05) is 119 Å². The summed E-state index contributed by atoms with van der Waals surface area (Å²) in [5.74, 6) is 0. The number of halogens is 7. The molecule has 2 N–H and O–H groups in total. The van der Waals surface area contributed by atoms with Crippen LogP contribution in [-0.2, 0) is 70.0 Å². The number of hydrogen-bond donors (Lipinski definition) is 2. The van der Waals surface area contributed by atoms with E-state index in [9.17, 15) is 14.4 Å². The van der Waals surface area contributed by atoms with Gasteiger partial charge in [-0.15, -0.1) is 24.8 Å². The zero-order valence-electron chi connectivity index (χ0n) is 56.2. The molecule has 0 bridgehead atoms. The molecule has 93 heavy (non-hydrogen) atoms. The Morgan fingerprint density at radius 3 is 0.774 bits per heavy atom. The number of hydrogen-bond acceptors (Lipinski definition) is 13. The average Bonchev–Trinajstić information content (AvgIpc) is 0.901. The van der Waals surface area contributed by atoms with Gasteiger partial charge < -0.3 is 63.2 Å². The van der Waals surface area contributed by atoms with Crippen LogP contribution in [0.15, 0.2) is 91.0 Å². The summed E-state index contributed by atoms with van der Waals surface area (Å²) in [6.07, 6.45) is 3.06. The Hall–Kier alpha value is -4.34. The predicted molar refractivity (Wildman–Crippen MR) is 378 cm³/mol. The van der Waals surface area contributed by atoms with E-state index in [-0.39, 0.29) is 73.6 Å². The van der Waals surface area contributed by atoms with Gasteiger partial charge >= 0.3 is 18.3 Å². The van der Waals surface area contributed by atoms with Gasteiger partial charge in [-0.25, -0.2) is 14.4 Å². The highest BCUT2D eigenvalue weighted by Crippen LogP contribution is 2.37. The maximum absolute atomic E-state index is 12.0. The Bertz CT molecular complexity index is 2900. The van der Waals surface area contributed by atoms with Crippen molar-refractivity contribution < 1.29 is 52.3 Å². The maximum Gasteiger partial charge on any atom is 0.410 e. The molecule has 0 saturated carbocycles. The largest absolute Gasteiger partial charge is 0.444 e. The quantitative estimate of drug-likeness (QED) is 0.127. The van der Waals surface area contributed by atoms with Crippen molar-refractivity contribution in [3.63, 3.8) is 0 Å². The molecule has 0 radical (unpaired) electrons. The van der Waals surface area contributed by atoms with Gasteiger partial charge in [0.2, 0.25) is 0 Å². The van der Waals surface area contributed by atoms with Crippen LogP contribution >= 0.6 is 82.8 Å². The Kier molecular flexibility index (Phi) is 33.1. The highest BCUT2D eigenvalue weighted by atomic mass is 35.5. The highest BCUT2D eigenvalue weighted by Gasteiger charge is 2.31. The molecule has 0 saturated heterocycles. The Morgan fingerprint density at radius 1 is 0.387 bits per heavy atom. The minimum absolute atomic E-state index is 0. The summed E-state index contributed by atoms with van der Waals surface area (Å²) in [5, 5.41) is 10.3. The lowest BCUT2D eigenvalue weighted by atomic mass is 9.97. The number of carbonyl (C=O) groups is 3. The summed E-state index contributed by atoms with van der Waals surface area (Å²) < 4.78 is 44.8. The standard InChI is InChI=1S/3C16H22ClNO3.2C11H14ClNO.2ClH/c3*1-16(2,3)21-15(19)18(4)10-14-12-6-5-7-13(17)11(12)8-9-20-14;2*1-13-7-11-9-3-2-4-10(12)8(9)5-6-14-11;;/h3*5-7,14H,8-10H2,1-4H3;2*2-4,11,13H,5-7H2,1H3;2*1H/t2*14-;;2*11-;;/m10.10../s1. The van der Waals surface area contributed by atoms with Crippen molar-refractivity contribution in [1.82, 2.24) is 25.3 Å². The molecule has 3 amide bonds. The molecule has 0 aromatic heterocycles. The fraction of sp³-hybridized carbons (Fsp3) is 0.529. The van der Waals surface area contributed by atoms with Gasteiger partial charge in [-0.3, -0.25) is 0 Å². The smallest absolute Gasteiger partial charge is 0.410 e. The molecule has 0 fully saturated rings. The van der Waals surface area contributed by atoms with Crippen molar-refractivity contribution in [2.45, 2.75) is 142 Å². The van der Waals surface area contributed by atoms with Crippen molar-refractivity contribution in [2.24, 2.45) is 0 Å². The van der Waals surface area contributed by atoms with E-state index in [1.165, 1.54) is 22.3 Å². The molecule has 5 aliphatic rings. The third-order valence-electron chi connectivity index (χ3n) is 15.1. The van der Waals surface area contributed by atoms with Crippen LogP contribution in [0.25, 0.3) is 0 Å². The van der Waals surface area contributed by atoms with Crippen LogP contribution in [0.2, 0.25) is 25.1 Å². The number of nitrogens with zero attached hydrogens (tertiary/aromatic N) is 3. The third-order valence-corrected chi connectivity index (χ3v) is 16.8. The first-order valence-electron chi connectivity index (χ1n) is 31.0. The highest BCUT2D eigenvalue weighted by molar-refractivity contribution is 6.32. The lowest BCUT2D eigenvalue weighted by Gasteiger charge is -2.31. The van der Waals surface area contributed by atoms with Crippen LogP contribution < -0.4 is 10.6 Å². The number of ether oxygens (including phenoxy) is 8. The molecule has 16 nitrogen and oxygen atoms in total. The topological polar surface area (TPSA) is 159 Å². The van der Waals surface area contributed by atoms with E-state index >= 15 is 0 Å². The van der Waals surface area contributed by atoms with Crippen LogP contribution in [-0.4, -0.2) is 151 Å². The molecule has 23 heteroatoms. The number of amides is 3. The van der Waals surface area contributed by atoms with Crippen LogP contribution in [0.3, 0.4) is 0 Å². The SMILES string of the molecule is CN(CC1OCCc2c(Cl)cccc21)C(=O)OC(C)(C)C.CN(C[C@@H]1OCCc2c(Cl)cccc21)C(=O)OC(C)(C)C.CN(C[C@H]1OCCc2c(Cl)cccc21)C(=O)OC(C)(C)C.CNC[C@@H]1OCCc2c(Cl)cccc21.CNC[C@H]1OCCc2c(Cl)cccc21.Cl.Cl. The molecule has 516 valence electrons. The van der Waals surface area contributed by atoms with Crippen LogP contribution in [0.5, 0.6) is 0 Å². The van der Waals surface area contributed by atoms with E-state index in [0.29, 0.717) is 39.5 Å². The van der Waals surface area contributed by atoms with Gasteiger partial charge in [-0.2, -0.15) is 0 Å². The summed E-state index contributed by atoms with van der Waals surface area (Å²) in [6.45, 7) is 23.1. The summed E-state index contributed by atoms with van der Waals surface area (Å²) in [6, 6.07) is 29.5. The molecule has 5 aromatic carbocycles. The number of carbonyl (C=O) groups excluding carboxylic acids is 3. The lowest BCUT2D eigenvalue weighted by molar-refractivity contribution is -0.00186. The average molecular weight is 1430 g/mol. The molecule has 1 unspecified atom stereocenters.